The van der Waals surface area contributed by atoms with E-state index in [0.717, 1.165) is 19.3 Å². The summed E-state index contributed by atoms with van der Waals surface area (Å²) in [5.74, 6) is 0. The van der Waals surface area contributed by atoms with Crippen molar-refractivity contribution in [2.75, 3.05) is 6.61 Å². The van der Waals surface area contributed by atoms with Crippen LogP contribution < -0.4 is 4.72 Å². The summed E-state index contributed by atoms with van der Waals surface area (Å²) in [5, 5.41) is 9.43. The molecule has 7 heteroatoms. The van der Waals surface area contributed by atoms with E-state index in [-0.39, 0.29) is 23.1 Å². The molecule has 1 heterocycles. The molecule has 3 N–H and O–H groups in total. The third-order valence-corrected chi connectivity index (χ3v) is 4.90. The van der Waals surface area contributed by atoms with Gasteiger partial charge in [-0.15, -0.1) is 0 Å². The average molecular weight is 259 g/mol. The predicted molar refractivity (Wildman–Crippen MR) is 61.7 cm³/mol. The molecule has 0 radical (unpaired) electrons. The summed E-state index contributed by atoms with van der Waals surface area (Å²) >= 11 is 0. The van der Waals surface area contributed by atoms with Gasteiger partial charge < -0.3 is 10.1 Å². The maximum absolute atomic E-state index is 12.0. The summed E-state index contributed by atoms with van der Waals surface area (Å²) in [6, 6.07) is -0.221. The normalized spacial score (nSPS) is 29.6. The van der Waals surface area contributed by atoms with Gasteiger partial charge in [-0.25, -0.2) is 18.1 Å². The fourth-order valence-corrected chi connectivity index (χ4v) is 3.58. The van der Waals surface area contributed by atoms with Crippen molar-refractivity contribution in [3.63, 3.8) is 0 Å². The average Bonchev–Trinajstić information content (AvgIpc) is 2.90. The summed E-state index contributed by atoms with van der Waals surface area (Å²) in [4.78, 5) is 6.27. The first kappa shape index (κ1) is 12.5. The standard InChI is InChI=1S/C10H17N3O3S/c1-10(6-14)4-2-3-8(10)13-17(15,16)9-5-11-7-12-9/h5,7-8,13-14H,2-4,6H2,1H3,(H,11,12). The Morgan fingerprint density at radius 1 is 1.71 bits per heavy atom. The number of rotatable bonds is 4. The van der Waals surface area contributed by atoms with E-state index >= 15 is 0 Å². The van der Waals surface area contributed by atoms with Crippen molar-refractivity contribution in [2.45, 2.75) is 37.3 Å². The van der Waals surface area contributed by atoms with Crippen molar-refractivity contribution < 1.29 is 13.5 Å². The van der Waals surface area contributed by atoms with Gasteiger partial charge in [0.2, 0.25) is 0 Å². The molecule has 2 unspecified atom stereocenters. The molecular weight excluding hydrogens is 242 g/mol. The molecule has 1 aromatic rings. The van der Waals surface area contributed by atoms with Crippen LogP contribution in [0, 0.1) is 5.41 Å². The zero-order chi connectivity index (χ0) is 12.5. The van der Waals surface area contributed by atoms with Crippen LogP contribution in [-0.2, 0) is 10.0 Å². The molecule has 1 fully saturated rings. The minimum atomic E-state index is -3.56. The molecule has 6 nitrogen and oxygen atoms in total. The maximum Gasteiger partial charge on any atom is 0.257 e. The Morgan fingerprint density at radius 3 is 3.06 bits per heavy atom. The second-order valence-corrected chi connectivity index (χ2v) is 6.48. The fraction of sp³-hybridized carbons (Fsp3) is 0.700. The molecular formula is C10H17N3O3S. The minimum Gasteiger partial charge on any atom is -0.396 e. The van der Waals surface area contributed by atoms with Gasteiger partial charge in [0.05, 0.1) is 12.5 Å². The molecule has 0 amide bonds. The maximum atomic E-state index is 12.0. The van der Waals surface area contributed by atoms with Crippen LogP contribution in [0.2, 0.25) is 0 Å². The Labute approximate surface area is 101 Å². The molecule has 96 valence electrons. The molecule has 1 aromatic heterocycles. The highest BCUT2D eigenvalue weighted by Crippen LogP contribution is 2.37. The van der Waals surface area contributed by atoms with Crippen LogP contribution in [0.4, 0.5) is 0 Å². The van der Waals surface area contributed by atoms with E-state index in [2.05, 4.69) is 14.7 Å². The number of sulfonamides is 1. The number of aromatic amines is 1. The van der Waals surface area contributed by atoms with E-state index < -0.39 is 10.0 Å². The van der Waals surface area contributed by atoms with Gasteiger partial charge in [0, 0.05) is 18.1 Å². The molecule has 0 bridgehead atoms. The van der Waals surface area contributed by atoms with Crippen LogP contribution in [0.1, 0.15) is 26.2 Å². The van der Waals surface area contributed by atoms with Crippen molar-refractivity contribution in [1.82, 2.24) is 14.7 Å². The first-order valence-corrected chi connectivity index (χ1v) is 7.08. The number of nitrogens with zero attached hydrogens (tertiary/aromatic N) is 1. The van der Waals surface area contributed by atoms with Crippen LogP contribution >= 0.6 is 0 Å². The summed E-state index contributed by atoms with van der Waals surface area (Å²) in [6.07, 6.45) is 5.11. The van der Waals surface area contributed by atoms with Crippen molar-refractivity contribution in [3.05, 3.63) is 12.5 Å². The van der Waals surface area contributed by atoms with Gasteiger partial charge >= 0.3 is 0 Å². The predicted octanol–water partition coefficient (Wildman–Crippen LogP) is 0.239. The Balaban J connectivity index is 2.17. The van der Waals surface area contributed by atoms with Crippen LogP contribution in [0.25, 0.3) is 0 Å². The molecule has 2 atom stereocenters. The third kappa shape index (κ3) is 2.36. The largest absolute Gasteiger partial charge is 0.396 e. The van der Waals surface area contributed by atoms with Crippen molar-refractivity contribution in [1.29, 1.82) is 0 Å². The second kappa shape index (κ2) is 4.40. The highest BCUT2D eigenvalue weighted by Gasteiger charge is 2.40. The Morgan fingerprint density at radius 2 is 2.47 bits per heavy atom. The van der Waals surface area contributed by atoms with Gasteiger partial charge in [-0.1, -0.05) is 13.3 Å². The van der Waals surface area contributed by atoms with Gasteiger partial charge in [-0.3, -0.25) is 0 Å². The van der Waals surface area contributed by atoms with E-state index in [4.69, 9.17) is 0 Å². The van der Waals surface area contributed by atoms with Gasteiger partial charge in [0.1, 0.15) is 0 Å². The third-order valence-electron chi connectivity index (χ3n) is 3.50. The molecule has 1 aliphatic carbocycles. The zero-order valence-electron chi connectivity index (χ0n) is 9.68. The fourth-order valence-electron chi connectivity index (χ4n) is 2.26. The van der Waals surface area contributed by atoms with E-state index in [1.54, 1.807) is 0 Å². The summed E-state index contributed by atoms with van der Waals surface area (Å²) in [7, 11) is -3.56. The number of aromatic nitrogens is 2. The molecule has 17 heavy (non-hydrogen) atoms. The Kier molecular flexibility index (Phi) is 3.24. The Hall–Kier alpha value is -0.920. The van der Waals surface area contributed by atoms with E-state index in [9.17, 15) is 13.5 Å². The van der Waals surface area contributed by atoms with E-state index in [1.165, 1.54) is 12.5 Å². The molecule has 0 aromatic carbocycles. The second-order valence-electron chi connectivity index (χ2n) is 4.79. The van der Waals surface area contributed by atoms with E-state index in [0.29, 0.717) is 0 Å². The number of nitrogens with one attached hydrogen (secondary N) is 2. The Bertz CT molecular complexity index is 471. The molecule has 1 saturated carbocycles. The van der Waals surface area contributed by atoms with Gasteiger partial charge in [-0.2, -0.15) is 0 Å². The van der Waals surface area contributed by atoms with Crippen molar-refractivity contribution >= 4 is 10.0 Å². The smallest absolute Gasteiger partial charge is 0.257 e. The number of imidazole rings is 1. The van der Waals surface area contributed by atoms with Crippen LogP contribution in [0.15, 0.2) is 17.6 Å². The van der Waals surface area contributed by atoms with Crippen LogP contribution in [0.3, 0.4) is 0 Å². The van der Waals surface area contributed by atoms with Gasteiger partial charge in [0.25, 0.3) is 10.0 Å². The lowest BCUT2D eigenvalue weighted by Gasteiger charge is -2.29. The highest BCUT2D eigenvalue weighted by molar-refractivity contribution is 7.89. The summed E-state index contributed by atoms with van der Waals surface area (Å²) in [6.45, 7) is 1.89. The molecule has 0 spiro atoms. The van der Waals surface area contributed by atoms with Crippen molar-refractivity contribution in [3.8, 4) is 0 Å². The lowest BCUT2D eigenvalue weighted by molar-refractivity contribution is 0.127. The zero-order valence-corrected chi connectivity index (χ0v) is 10.5. The summed E-state index contributed by atoms with van der Waals surface area (Å²) < 4.78 is 26.6. The van der Waals surface area contributed by atoms with Gasteiger partial charge in [-0.05, 0) is 12.8 Å². The number of hydrogen-bond donors (Lipinski definition) is 3. The first-order chi connectivity index (χ1) is 7.98. The van der Waals surface area contributed by atoms with Crippen LogP contribution in [-0.4, -0.2) is 36.1 Å². The van der Waals surface area contributed by atoms with Gasteiger partial charge in [0.15, 0.2) is 5.03 Å². The number of aliphatic hydroxyl groups excluding tert-OH is 1. The lowest BCUT2D eigenvalue weighted by Crippen LogP contribution is -2.44. The molecule has 0 saturated heterocycles. The quantitative estimate of drug-likeness (QED) is 0.721. The van der Waals surface area contributed by atoms with Crippen LogP contribution in [0.5, 0.6) is 0 Å². The number of hydrogen-bond acceptors (Lipinski definition) is 4. The highest BCUT2D eigenvalue weighted by atomic mass is 32.2. The van der Waals surface area contributed by atoms with E-state index in [1.807, 2.05) is 6.92 Å². The number of H-pyrrole nitrogens is 1. The monoisotopic (exact) mass is 259 g/mol. The topological polar surface area (TPSA) is 95.1 Å². The first-order valence-electron chi connectivity index (χ1n) is 5.59. The molecule has 0 aliphatic heterocycles. The minimum absolute atomic E-state index is 0.0108. The molecule has 2 rings (SSSR count). The van der Waals surface area contributed by atoms with Crippen molar-refractivity contribution in [2.24, 2.45) is 5.41 Å². The summed E-state index contributed by atoms with van der Waals surface area (Å²) in [5.41, 5.74) is -0.368. The SMILES string of the molecule is CC1(CO)CCCC1NS(=O)(=O)c1cnc[nH]1. The number of aliphatic hydroxyl groups is 1. The lowest BCUT2D eigenvalue weighted by atomic mass is 9.86. The molecule has 1 aliphatic rings.